The molecule has 2 aromatic rings. The molecule has 0 saturated carbocycles. The van der Waals surface area contributed by atoms with E-state index in [4.69, 9.17) is 23.7 Å². The Labute approximate surface area is 183 Å². The van der Waals surface area contributed by atoms with Crippen LogP contribution in [0.25, 0.3) is 0 Å². The molecule has 0 spiro atoms. The van der Waals surface area contributed by atoms with Gasteiger partial charge < -0.3 is 28.2 Å². The van der Waals surface area contributed by atoms with Gasteiger partial charge in [0.1, 0.15) is 25.5 Å². The first-order valence-corrected chi connectivity index (χ1v) is 12.6. The molecule has 0 bridgehead atoms. The lowest BCUT2D eigenvalue weighted by atomic mass is 10.00. The SMILES string of the molecule is CC1(C)OC2OC(CP(=O)(c3ccccc3)c3ccccc3)C3OC(C)(C)OC3C2O1. The predicted molar refractivity (Wildman–Crippen MR) is 117 cm³/mol. The van der Waals surface area contributed by atoms with Gasteiger partial charge in [-0.15, -0.1) is 0 Å². The zero-order valence-corrected chi connectivity index (χ0v) is 19.2. The summed E-state index contributed by atoms with van der Waals surface area (Å²) in [5, 5.41) is 1.59. The average Bonchev–Trinajstić information content (AvgIpc) is 3.23. The van der Waals surface area contributed by atoms with Crippen LogP contribution in [0.3, 0.4) is 0 Å². The van der Waals surface area contributed by atoms with Crippen LogP contribution < -0.4 is 10.6 Å². The Kier molecular flexibility index (Phi) is 5.17. The molecule has 0 aliphatic carbocycles. The van der Waals surface area contributed by atoms with Crippen LogP contribution in [0.4, 0.5) is 0 Å². The third-order valence-corrected chi connectivity index (χ3v) is 9.17. The van der Waals surface area contributed by atoms with Gasteiger partial charge in [0.2, 0.25) is 0 Å². The Morgan fingerprint density at radius 1 is 0.710 bits per heavy atom. The van der Waals surface area contributed by atoms with Gasteiger partial charge in [-0.25, -0.2) is 0 Å². The van der Waals surface area contributed by atoms with Gasteiger partial charge in [0.05, 0.1) is 6.10 Å². The van der Waals surface area contributed by atoms with Crippen LogP contribution in [0.5, 0.6) is 0 Å². The van der Waals surface area contributed by atoms with Gasteiger partial charge in [0.25, 0.3) is 0 Å². The van der Waals surface area contributed by atoms with Crippen molar-refractivity contribution in [1.82, 2.24) is 0 Å². The molecular formula is C24H29O6P. The Morgan fingerprint density at radius 3 is 1.77 bits per heavy atom. The fourth-order valence-corrected chi connectivity index (χ4v) is 7.62. The van der Waals surface area contributed by atoms with Crippen molar-refractivity contribution in [3.63, 3.8) is 0 Å². The second kappa shape index (κ2) is 7.51. The van der Waals surface area contributed by atoms with E-state index in [1.807, 2.05) is 88.4 Å². The van der Waals surface area contributed by atoms with Gasteiger partial charge in [-0.3, -0.25) is 0 Å². The van der Waals surface area contributed by atoms with Crippen molar-refractivity contribution in [3.8, 4) is 0 Å². The summed E-state index contributed by atoms with van der Waals surface area (Å²) in [6.45, 7) is 7.48. The first kappa shape index (κ1) is 21.3. The minimum atomic E-state index is -3.01. The molecule has 3 heterocycles. The van der Waals surface area contributed by atoms with E-state index >= 15 is 0 Å². The number of rotatable bonds is 4. The maximum absolute atomic E-state index is 14.6. The number of hydrogen-bond acceptors (Lipinski definition) is 6. The summed E-state index contributed by atoms with van der Waals surface area (Å²) in [5.74, 6) is -1.57. The van der Waals surface area contributed by atoms with Crippen molar-refractivity contribution in [1.29, 1.82) is 0 Å². The van der Waals surface area contributed by atoms with Crippen molar-refractivity contribution in [3.05, 3.63) is 60.7 Å². The monoisotopic (exact) mass is 444 g/mol. The Balaban J connectivity index is 1.53. The lowest BCUT2D eigenvalue weighted by molar-refractivity contribution is -0.228. The first-order chi connectivity index (χ1) is 14.7. The van der Waals surface area contributed by atoms with Crippen molar-refractivity contribution in [2.45, 2.75) is 70.0 Å². The van der Waals surface area contributed by atoms with E-state index in [1.165, 1.54) is 0 Å². The molecule has 0 amide bonds. The topological polar surface area (TPSA) is 63.2 Å². The average molecular weight is 444 g/mol. The van der Waals surface area contributed by atoms with Crippen LogP contribution >= 0.6 is 7.14 Å². The molecule has 0 N–H and O–H groups in total. The van der Waals surface area contributed by atoms with E-state index < -0.39 is 43.3 Å². The van der Waals surface area contributed by atoms with Crippen molar-refractivity contribution in [2.75, 3.05) is 6.16 Å². The second-order valence-electron chi connectivity index (χ2n) is 9.30. The summed E-state index contributed by atoms with van der Waals surface area (Å²) in [6.07, 6.45) is -1.95. The van der Waals surface area contributed by atoms with Crippen LogP contribution in [0.15, 0.2) is 60.7 Å². The van der Waals surface area contributed by atoms with Crippen LogP contribution in [-0.2, 0) is 28.2 Å². The summed E-state index contributed by atoms with van der Waals surface area (Å²) in [5.41, 5.74) is 0. The lowest BCUT2D eigenvalue weighted by Crippen LogP contribution is -2.56. The summed E-state index contributed by atoms with van der Waals surface area (Å²) < 4.78 is 45.5. The van der Waals surface area contributed by atoms with E-state index in [0.29, 0.717) is 0 Å². The standard InChI is InChI=1S/C24H29O6P/c1-23(2)27-19-18(26-22-21(20(19)28-23)29-24(3,4)30-22)15-31(25,16-11-7-5-8-12-16)17-13-9-6-10-14-17/h5-14,18-22H,15H2,1-4H3. The third-order valence-electron chi connectivity index (χ3n) is 6.03. The quantitative estimate of drug-likeness (QED) is 0.674. The van der Waals surface area contributed by atoms with Gasteiger partial charge in [-0.05, 0) is 27.7 Å². The molecule has 3 saturated heterocycles. The van der Waals surface area contributed by atoms with Gasteiger partial charge in [0.15, 0.2) is 17.9 Å². The number of benzene rings is 2. The highest BCUT2D eigenvalue weighted by Crippen LogP contribution is 2.50. The Bertz CT molecular complexity index is 933. The van der Waals surface area contributed by atoms with Crippen molar-refractivity contribution in [2.24, 2.45) is 0 Å². The largest absolute Gasteiger partial charge is 0.343 e. The molecule has 5 rings (SSSR count). The Morgan fingerprint density at radius 2 is 1.19 bits per heavy atom. The summed E-state index contributed by atoms with van der Waals surface area (Å²) in [7, 11) is -3.01. The molecule has 2 aromatic carbocycles. The molecule has 6 nitrogen and oxygen atoms in total. The minimum Gasteiger partial charge on any atom is -0.343 e. The van der Waals surface area contributed by atoms with Gasteiger partial charge in [-0.1, -0.05) is 60.7 Å². The molecular weight excluding hydrogens is 415 g/mol. The zero-order chi connectivity index (χ0) is 21.9. The van der Waals surface area contributed by atoms with Crippen molar-refractivity contribution >= 4 is 17.8 Å². The fraction of sp³-hybridized carbons (Fsp3) is 0.500. The molecule has 166 valence electrons. The number of hydrogen-bond donors (Lipinski definition) is 0. The van der Waals surface area contributed by atoms with E-state index in [1.54, 1.807) is 0 Å². The molecule has 5 unspecified atom stereocenters. The predicted octanol–water partition coefficient (Wildman–Crippen LogP) is 3.40. The normalized spacial score (nSPS) is 33.6. The van der Waals surface area contributed by atoms with E-state index in [-0.39, 0.29) is 12.3 Å². The molecule has 3 aliphatic rings. The van der Waals surface area contributed by atoms with Crippen LogP contribution in [0, 0.1) is 0 Å². The molecule has 31 heavy (non-hydrogen) atoms. The van der Waals surface area contributed by atoms with Gasteiger partial charge in [0, 0.05) is 16.8 Å². The molecule has 3 aliphatic heterocycles. The summed E-state index contributed by atoms with van der Waals surface area (Å²) in [6, 6.07) is 19.2. The Hall–Kier alpha value is -1.53. The zero-order valence-electron chi connectivity index (χ0n) is 18.3. The van der Waals surface area contributed by atoms with E-state index in [9.17, 15) is 4.57 Å². The van der Waals surface area contributed by atoms with E-state index in [2.05, 4.69) is 0 Å². The lowest BCUT2D eigenvalue weighted by Gasteiger charge is -2.38. The first-order valence-electron chi connectivity index (χ1n) is 10.7. The summed E-state index contributed by atoms with van der Waals surface area (Å²) >= 11 is 0. The maximum atomic E-state index is 14.6. The minimum absolute atomic E-state index is 0.286. The molecule has 7 heteroatoms. The fourth-order valence-electron chi connectivity index (χ4n) is 4.79. The van der Waals surface area contributed by atoms with Gasteiger partial charge in [-0.2, -0.15) is 0 Å². The smallest absolute Gasteiger partial charge is 0.190 e. The highest BCUT2D eigenvalue weighted by atomic mass is 31.2. The number of ether oxygens (including phenoxy) is 5. The van der Waals surface area contributed by atoms with Crippen LogP contribution in [0.2, 0.25) is 0 Å². The highest BCUT2D eigenvalue weighted by Gasteiger charge is 2.61. The molecule has 0 aromatic heterocycles. The third kappa shape index (κ3) is 3.91. The number of fused-ring (bicyclic) bond motifs is 3. The second-order valence-corrected chi connectivity index (χ2v) is 12.2. The molecule has 5 atom stereocenters. The highest BCUT2D eigenvalue weighted by molar-refractivity contribution is 7.78. The van der Waals surface area contributed by atoms with Gasteiger partial charge >= 0.3 is 0 Å². The van der Waals surface area contributed by atoms with Crippen LogP contribution in [-0.4, -0.2) is 48.4 Å². The van der Waals surface area contributed by atoms with Crippen LogP contribution in [0.1, 0.15) is 27.7 Å². The molecule has 0 radical (unpaired) electrons. The maximum Gasteiger partial charge on any atom is 0.190 e. The van der Waals surface area contributed by atoms with Crippen molar-refractivity contribution < 1.29 is 28.2 Å². The summed E-state index contributed by atoms with van der Waals surface area (Å²) in [4.78, 5) is 0. The molecule has 3 fully saturated rings. The van der Waals surface area contributed by atoms with E-state index in [0.717, 1.165) is 10.6 Å².